The molecule has 2 aliphatic rings. The molecule has 0 spiro atoms. The maximum Gasteiger partial charge on any atom is 0.507 e. The molecule has 7 heteroatoms. The second kappa shape index (κ2) is 4.51. The molecule has 1 fully saturated rings. The first-order valence-electron chi connectivity index (χ1n) is 6.37. The molecule has 0 bridgehead atoms. The van der Waals surface area contributed by atoms with Gasteiger partial charge in [-0.15, -0.1) is 0 Å². The number of halogens is 4. The van der Waals surface area contributed by atoms with Crippen LogP contribution in [-0.4, -0.2) is 25.3 Å². The van der Waals surface area contributed by atoms with Gasteiger partial charge in [0.25, 0.3) is 0 Å². The van der Waals surface area contributed by atoms with Gasteiger partial charge in [-0.05, 0) is 43.0 Å². The molecule has 2 aliphatic heterocycles. The Hall–Kier alpha value is -1.50. The maximum absolute atomic E-state index is 13.1. The Morgan fingerprint density at radius 3 is 2.40 bits per heavy atom. The predicted molar refractivity (Wildman–Crippen MR) is 62.4 cm³/mol. The fourth-order valence-electron chi connectivity index (χ4n) is 2.47. The van der Waals surface area contributed by atoms with Crippen molar-refractivity contribution in [3.63, 3.8) is 0 Å². The van der Waals surface area contributed by atoms with Gasteiger partial charge in [-0.25, -0.2) is 0 Å². The quantitative estimate of drug-likeness (QED) is 0.806. The van der Waals surface area contributed by atoms with Crippen molar-refractivity contribution in [2.75, 3.05) is 13.1 Å². The van der Waals surface area contributed by atoms with E-state index in [4.69, 9.17) is 0 Å². The van der Waals surface area contributed by atoms with Gasteiger partial charge < -0.3 is 14.8 Å². The third kappa shape index (κ3) is 2.19. The van der Waals surface area contributed by atoms with E-state index in [9.17, 15) is 17.6 Å². The monoisotopic (exact) mass is 291 g/mol. The van der Waals surface area contributed by atoms with Crippen molar-refractivity contribution >= 4 is 0 Å². The largest absolute Gasteiger partial charge is 0.507 e. The van der Waals surface area contributed by atoms with Gasteiger partial charge in [0.2, 0.25) is 0 Å². The Labute approximate surface area is 112 Å². The van der Waals surface area contributed by atoms with Crippen LogP contribution < -0.4 is 14.8 Å². The number of hydrogen-bond acceptors (Lipinski definition) is 3. The lowest BCUT2D eigenvalue weighted by Gasteiger charge is -2.32. The third-order valence-electron chi connectivity index (χ3n) is 3.55. The van der Waals surface area contributed by atoms with Crippen LogP contribution in [0.5, 0.6) is 11.5 Å². The van der Waals surface area contributed by atoms with E-state index in [2.05, 4.69) is 14.8 Å². The zero-order valence-electron chi connectivity index (χ0n) is 10.5. The number of benzene rings is 1. The van der Waals surface area contributed by atoms with Crippen LogP contribution in [0, 0.1) is 0 Å². The summed E-state index contributed by atoms with van der Waals surface area (Å²) in [6, 6.07) is 4.22. The minimum absolute atomic E-state index is 0.161. The summed E-state index contributed by atoms with van der Waals surface area (Å²) in [5.74, 6) is -0.550. The molecule has 110 valence electrons. The second-order valence-electron chi connectivity index (χ2n) is 4.99. The maximum atomic E-state index is 13.1. The topological polar surface area (TPSA) is 30.5 Å². The highest BCUT2D eigenvalue weighted by molar-refractivity contribution is 5.45. The van der Waals surface area contributed by atoms with Crippen molar-refractivity contribution in [3.05, 3.63) is 23.8 Å². The first-order valence-corrected chi connectivity index (χ1v) is 6.37. The van der Waals surface area contributed by atoms with E-state index >= 15 is 0 Å². The molecule has 1 atom stereocenters. The van der Waals surface area contributed by atoms with Crippen LogP contribution in [0.2, 0.25) is 0 Å². The van der Waals surface area contributed by atoms with E-state index < -0.39 is 12.2 Å². The van der Waals surface area contributed by atoms with Gasteiger partial charge in [-0.1, -0.05) is 6.07 Å². The summed E-state index contributed by atoms with van der Waals surface area (Å²) in [4.78, 5) is 0. The van der Waals surface area contributed by atoms with Gasteiger partial charge in [0.15, 0.2) is 11.5 Å². The Kier molecular flexibility index (Phi) is 3.04. The van der Waals surface area contributed by atoms with Gasteiger partial charge in [0, 0.05) is 6.54 Å². The fourth-order valence-corrected chi connectivity index (χ4v) is 2.47. The van der Waals surface area contributed by atoms with E-state index in [1.165, 1.54) is 12.1 Å². The summed E-state index contributed by atoms with van der Waals surface area (Å²) in [7, 11) is 0. The summed E-state index contributed by atoms with van der Waals surface area (Å²) >= 11 is 0. The van der Waals surface area contributed by atoms with Crippen LogP contribution in [0.25, 0.3) is 0 Å². The van der Waals surface area contributed by atoms with Gasteiger partial charge in [0.05, 0.1) is 0 Å². The molecule has 0 aliphatic carbocycles. The van der Waals surface area contributed by atoms with E-state index in [1.807, 2.05) is 0 Å². The van der Waals surface area contributed by atoms with Crippen LogP contribution in [0.1, 0.15) is 24.3 Å². The summed E-state index contributed by atoms with van der Waals surface area (Å²) in [5, 5.41) is 3.20. The van der Waals surface area contributed by atoms with Crippen molar-refractivity contribution in [3.8, 4) is 11.5 Å². The zero-order valence-corrected chi connectivity index (χ0v) is 10.5. The number of nitrogens with one attached hydrogen (secondary N) is 1. The van der Waals surface area contributed by atoms with Crippen LogP contribution in [0.15, 0.2) is 18.2 Å². The first kappa shape index (κ1) is 13.5. The second-order valence-corrected chi connectivity index (χ2v) is 4.99. The standard InChI is InChI=1S/C13H13F4NO2/c14-12(15)13(16,17)20-11-6-8(3-4-10(11)19-12)9-2-1-5-18-7-9/h3-4,6,9,18H,1-2,5,7H2. The van der Waals surface area contributed by atoms with Gasteiger partial charge in [-0.2, -0.15) is 17.6 Å². The molecular weight excluding hydrogens is 278 g/mol. The first-order chi connectivity index (χ1) is 9.39. The van der Waals surface area contributed by atoms with Crippen LogP contribution in [0.4, 0.5) is 17.6 Å². The van der Waals surface area contributed by atoms with E-state index in [-0.39, 0.29) is 17.4 Å². The molecule has 0 saturated carbocycles. The summed E-state index contributed by atoms with van der Waals surface area (Å²) in [6.07, 6.45) is -7.43. The molecule has 0 aromatic heterocycles. The van der Waals surface area contributed by atoms with Crippen molar-refractivity contribution in [2.24, 2.45) is 0 Å². The molecule has 1 unspecified atom stereocenters. The lowest BCUT2D eigenvalue weighted by atomic mass is 9.91. The molecule has 3 nitrogen and oxygen atoms in total. The SMILES string of the molecule is FC1(F)Oc2ccc(C3CCCNC3)cc2OC1(F)F. The smallest absolute Gasteiger partial charge is 0.421 e. The Morgan fingerprint density at radius 1 is 1.05 bits per heavy atom. The lowest BCUT2D eigenvalue weighted by molar-refractivity contribution is -0.391. The highest BCUT2D eigenvalue weighted by Gasteiger charge is 2.65. The molecule has 20 heavy (non-hydrogen) atoms. The van der Waals surface area contributed by atoms with Crippen LogP contribution >= 0.6 is 0 Å². The predicted octanol–water partition coefficient (Wildman–Crippen LogP) is 3.11. The molecule has 3 rings (SSSR count). The number of piperidine rings is 1. The molecule has 1 N–H and O–H groups in total. The summed E-state index contributed by atoms with van der Waals surface area (Å²) in [6.45, 7) is 1.65. The summed E-state index contributed by atoms with van der Waals surface area (Å²) < 4.78 is 60.5. The Morgan fingerprint density at radius 2 is 1.75 bits per heavy atom. The lowest BCUT2D eigenvalue weighted by Crippen LogP contribution is -2.52. The molecule has 0 amide bonds. The average Bonchev–Trinajstić information content (AvgIpc) is 2.40. The third-order valence-corrected chi connectivity index (χ3v) is 3.55. The number of alkyl halides is 4. The average molecular weight is 291 g/mol. The highest BCUT2D eigenvalue weighted by Crippen LogP contribution is 2.47. The van der Waals surface area contributed by atoms with Gasteiger partial charge in [-0.3, -0.25) is 0 Å². The minimum atomic E-state index is -4.66. The molecule has 1 saturated heterocycles. The van der Waals surface area contributed by atoms with E-state index in [0.717, 1.165) is 31.5 Å². The Bertz CT molecular complexity index is 515. The fraction of sp³-hybridized carbons (Fsp3) is 0.538. The molecular formula is C13H13F4NO2. The molecule has 2 heterocycles. The van der Waals surface area contributed by atoms with Crippen molar-refractivity contribution in [2.45, 2.75) is 31.0 Å². The number of ether oxygens (including phenoxy) is 2. The summed E-state index contributed by atoms with van der Waals surface area (Å²) in [5.41, 5.74) is 0.778. The van der Waals surface area contributed by atoms with Crippen molar-refractivity contribution in [1.29, 1.82) is 0 Å². The van der Waals surface area contributed by atoms with E-state index in [1.54, 1.807) is 6.07 Å². The van der Waals surface area contributed by atoms with Gasteiger partial charge >= 0.3 is 12.2 Å². The molecule has 1 aromatic carbocycles. The molecule has 0 radical (unpaired) electrons. The van der Waals surface area contributed by atoms with E-state index in [0.29, 0.717) is 0 Å². The zero-order chi connectivity index (χ0) is 14.4. The number of fused-ring (bicyclic) bond motifs is 1. The van der Waals surface area contributed by atoms with Gasteiger partial charge in [0.1, 0.15) is 0 Å². The minimum Gasteiger partial charge on any atom is -0.421 e. The highest BCUT2D eigenvalue weighted by atomic mass is 19.3. The number of hydrogen-bond donors (Lipinski definition) is 1. The Balaban J connectivity index is 1.90. The number of rotatable bonds is 1. The van der Waals surface area contributed by atoms with Crippen LogP contribution in [0.3, 0.4) is 0 Å². The van der Waals surface area contributed by atoms with Crippen molar-refractivity contribution < 1.29 is 27.0 Å². The van der Waals surface area contributed by atoms with Crippen molar-refractivity contribution in [1.82, 2.24) is 5.32 Å². The normalized spacial score (nSPS) is 27.1. The van der Waals surface area contributed by atoms with Crippen LogP contribution in [-0.2, 0) is 0 Å². The molecule has 1 aromatic rings.